The van der Waals surface area contributed by atoms with Gasteiger partial charge in [0.25, 0.3) is 5.91 Å². The van der Waals surface area contributed by atoms with Crippen LogP contribution in [0.4, 0.5) is 0 Å². The second-order valence-electron chi connectivity index (χ2n) is 5.91. The van der Waals surface area contributed by atoms with Gasteiger partial charge in [0.05, 0.1) is 0 Å². The molecule has 8 nitrogen and oxygen atoms in total. The molecular weight excluding hydrogens is 366 g/mol. The van der Waals surface area contributed by atoms with Crippen LogP contribution in [-0.4, -0.2) is 61.3 Å². The molecule has 0 atom stereocenters. The smallest absolute Gasteiger partial charge is 0.256 e. The molecule has 1 aromatic carbocycles. The van der Waals surface area contributed by atoms with Gasteiger partial charge in [-0.25, -0.2) is 8.42 Å². The molecule has 0 bridgehead atoms. The molecule has 2 aliphatic rings. The molecule has 2 heterocycles. The van der Waals surface area contributed by atoms with Gasteiger partial charge in [-0.1, -0.05) is 6.07 Å². The van der Waals surface area contributed by atoms with Crippen LogP contribution >= 0.6 is 12.2 Å². The van der Waals surface area contributed by atoms with Gasteiger partial charge in [0.15, 0.2) is 26.4 Å². The third kappa shape index (κ3) is 4.31. The van der Waals surface area contributed by atoms with Crippen molar-refractivity contribution in [3.05, 3.63) is 23.8 Å². The van der Waals surface area contributed by atoms with Crippen LogP contribution in [0.15, 0.2) is 18.2 Å². The average Bonchev–Trinajstić information content (AvgIpc) is 3.19. The van der Waals surface area contributed by atoms with Crippen LogP contribution in [0.2, 0.25) is 0 Å². The Kier molecular flexibility index (Phi) is 5.00. The molecule has 10 heteroatoms. The Morgan fingerprint density at radius 3 is 2.72 bits per heavy atom. The van der Waals surface area contributed by atoms with Gasteiger partial charge in [-0.05, 0) is 36.3 Å². The van der Waals surface area contributed by atoms with Crippen LogP contribution in [-0.2, 0) is 21.2 Å². The zero-order chi connectivity index (χ0) is 18.0. The Balaban J connectivity index is 1.59. The summed E-state index contributed by atoms with van der Waals surface area (Å²) >= 11 is 5.37. The van der Waals surface area contributed by atoms with E-state index in [9.17, 15) is 13.2 Å². The van der Waals surface area contributed by atoms with Gasteiger partial charge >= 0.3 is 0 Å². The summed E-state index contributed by atoms with van der Waals surface area (Å²) in [5.74, 6) is 0.417. The lowest BCUT2D eigenvalue weighted by atomic mass is 10.2. The first-order chi connectivity index (χ1) is 11.8. The molecular formula is C15H19N3O5S2. The molecule has 1 amide bonds. The standard InChI is InChI=1S/C15H19N3O5S2/c1-25(20,21)9-14(19)17-5-2-6-18(17)15(24)16-8-11-3-4-12-13(7-11)23-10-22-12/h3-4,7H,2,5-6,8-10H2,1H3,(H,16,24). The van der Waals surface area contributed by atoms with E-state index in [4.69, 9.17) is 21.7 Å². The largest absolute Gasteiger partial charge is 0.454 e. The summed E-state index contributed by atoms with van der Waals surface area (Å²) < 4.78 is 33.3. The van der Waals surface area contributed by atoms with Crippen LogP contribution in [0.25, 0.3) is 0 Å². The lowest BCUT2D eigenvalue weighted by Gasteiger charge is -2.30. The second-order valence-corrected chi connectivity index (χ2v) is 8.44. The predicted octanol–water partition coefficient (Wildman–Crippen LogP) is 0.284. The average molecular weight is 385 g/mol. The number of hydrogen-bond donors (Lipinski definition) is 1. The number of ether oxygens (including phenoxy) is 2. The molecule has 0 spiro atoms. The number of nitrogens with zero attached hydrogens (tertiary/aromatic N) is 2. The van der Waals surface area contributed by atoms with Crippen molar-refractivity contribution in [3.8, 4) is 11.5 Å². The van der Waals surface area contributed by atoms with Crippen LogP contribution in [0.1, 0.15) is 12.0 Å². The molecule has 2 aliphatic heterocycles. The van der Waals surface area contributed by atoms with Crippen molar-refractivity contribution in [2.24, 2.45) is 0 Å². The fourth-order valence-corrected chi connectivity index (χ4v) is 3.56. The fourth-order valence-electron chi connectivity index (χ4n) is 2.70. The number of carbonyl (C=O) groups excluding carboxylic acids is 1. The van der Waals surface area contributed by atoms with Crippen molar-refractivity contribution in [3.63, 3.8) is 0 Å². The van der Waals surface area contributed by atoms with Gasteiger partial charge in [-0.3, -0.25) is 14.8 Å². The molecule has 0 radical (unpaired) electrons. The number of hydrogen-bond acceptors (Lipinski definition) is 6. The van der Waals surface area contributed by atoms with Crippen molar-refractivity contribution >= 4 is 33.1 Å². The lowest BCUT2D eigenvalue weighted by molar-refractivity contribution is -0.135. The number of sulfone groups is 1. The quantitative estimate of drug-likeness (QED) is 0.740. The Morgan fingerprint density at radius 1 is 1.24 bits per heavy atom. The summed E-state index contributed by atoms with van der Waals surface area (Å²) in [5.41, 5.74) is 0.958. The third-order valence-electron chi connectivity index (χ3n) is 3.82. The maximum Gasteiger partial charge on any atom is 0.256 e. The van der Waals surface area contributed by atoms with E-state index in [1.807, 2.05) is 18.2 Å². The highest BCUT2D eigenvalue weighted by Crippen LogP contribution is 2.32. The van der Waals surface area contributed by atoms with Crippen molar-refractivity contribution in [2.45, 2.75) is 13.0 Å². The number of thiocarbonyl (C=S) groups is 1. The minimum Gasteiger partial charge on any atom is -0.454 e. The normalized spacial score (nSPS) is 16.2. The summed E-state index contributed by atoms with van der Waals surface area (Å²) in [6, 6.07) is 5.61. The van der Waals surface area contributed by atoms with E-state index in [0.29, 0.717) is 36.2 Å². The third-order valence-corrected chi connectivity index (χ3v) is 4.95. The van der Waals surface area contributed by atoms with Crippen molar-refractivity contribution in [1.29, 1.82) is 0 Å². The van der Waals surface area contributed by atoms with Crippen molar-refractivity contribution in [2.75, 3.05) is 31.9 Å². The fraction of sp³-hybridized carbons (Fsp3) is 0.467. The van der Waals surface area contributed by atoms with E-state index in [1.54, 1.807) is 5.01 Å². The highest BCUT2D eigenvalue weighted by Gasteiger charge is 2.30. The highest BCUT2D eigenvalue weighted by atomic mass is 32.2. The first kappa shape index (κ1) is 17.7. The molecule has 3 rings (SSSR count). The van der Waals surface area contributed by atoms with E-state index >= 15 is 0 Å². The molecule has 1 aromatic rings. The van der Waals surface area contributed by atoms with E-state index in [1.165, 1.54) is 5.01 Å². The SMILES string of the molecule is CS(=O)(=O)CC(=O)N1CCCN1C(=S)NCc1ccc2c(c1)OCO2. The van der Waals surface area contributed by atoms with E-state index in [0.717, 1.165) is 18.2 Å². The van der Waals surface area contributed by atoms with Crippen molar-refractivity contribution in [1.82, 2.24) is 15.3 Å². The van der Waals surface area contributed by atoms with Gasteiger partial charge in [0.1, 0.15) is 5.75 Å². The summed E-state index contributed by atoms with van der Waals surface area (Å²) in [5, 5.41) is 6.50. The number of nitrogens with one attached hydrogen (secondary N) is 1. The first-order valence-electron chi connectivity index (χ1n) is 7.75. The van der Waals surface area contributed by atoms with Crippen LogP contribution < -0.4 is 14.8 Å². The van der Waals surface area contributed by atoms with E-state index in [-0.39, 0.29) is 6.79 Å². The molecule has 0 unspecified atom stereocenters. The van der Waals surface area contributed by atoms with E-state index < -0.39 is 21.5 Å². The summed E-state index contributed by atoms with van der Waals surface area (Å²) in [6.07, 6.45) is 1.78. The molecule has 1 fully saturated rings. The Hall–Kier alpha value is -2.07. The molecule has 0 aromatic heterocycles. The molecule has 0 aliphatic carbocycles. The summed E-state index contributed by atoms with van der Waals surface area (Å²) in [7, 11) is -3.38. The number of benzene rings is 1. The maximum atomic E-state index is 12.2. The number of rotatable bonds is 4. The molecule has 25 heavy (non-hydrogen) atoms. The maximum absolute atomic E-state index is 12.2. The molecule has 136 valence electrons. The zero-order valence-corrected chi connectivity index (χ0v) is 15.4. The number of carbonyl (C=O) groups is 1. The monoisotopic (exact) mass is 385 g/mol. The Bertz CT molecular complexity index is 796. The molecule has 0 saturated carbocycles. The topological polar surface area (TPSA) is 88.2 Å². The van der Waals surface area contributed by atoms with Gasteiger partial charge in [-0.15, -0.1) is 0 Å². The Morgan fingerprint density at radius 2 is 1.96 bits per heavy atom. The zero-order valence-electron chi connectivity index (χ0n) is 13.7. The van der Waals surface area contributed by atoms with Crippen LogP contribution in [0.3, 0.4) is 0 Å². The van der Waals surface area contributed by atoms with Crippen LogP contribution in [0.5, 0.6) is 11.5 Å². The van der Waals surface area contributed by atoms with Crippen molar-refractivity contribution < 1.29 is 22.7 Å². The highest BCUT2D eigenvalue weighted by molar-refractivity contribution is 7.91. The Labute approximate surface area is 151 Å². The minimum absolute atomic E-state index is 0.218. The predicted molar refractivity (Wildman–Crippen MR) is 94.7 cm³/mol. The number of amides is 1. The van der Waals surface area contributed by atoms with Gasteiger partial charge in [0, 0.05) is 25.9 Å². The molecule has 1 saturated heterocycles. The van der Waals surface area contributed by atoms with Crippen LogP contribution in [0, 0.1) is 0 Å². The summed E-state index contributed by atoms with van der Waals surface area (Å²) in [6.45, 7) is 1.71. The molecule has 1 N–H and O–H groups in total. The van der Waals surface area contributed by atoms with E-state index in [2.05, 4.69) is 5.32 Å². The summed E-state index contributed by atoms with van der Waals surface area (Å²) in [4.78, 5) is 12.2. The lowest BCUT2D eigenvalue weighted by Crippen LogP contribution is -2.50. The number of fused-ring (bicyclic) bond motifs is 1. The number of hydrazine groups is 1. The van der Waals surface area contributed by atoms with Gasteiger partial charge < -0.3 is 14.8 Å². The van der Waals surface area contributed by atoms with Gasteiger partial charge in [0.2, 0.25) is 6.79 Å². The first-order valence-corrected chi connectivity index (χ1v) is 10.2. The second kappa shape index (κ2) is 7.04. The van der Waals surface area contributed by atoms with Gasteiger partial charge in [-0.2, -0.15) is 0 Å². The minimum atomic E-state index is -3.38.